The number of hydrogen-bond acceptors (Lipinski definition) is 5. The van der Waals surface area contributed by atoms with Crippen LogP contribution in [0.1, 0.15) is 40.7 Å². The third-order valence-corrected chi connectivity index (χ3v) is 8.28. The van der Waals surface area contributed by atoms with Crippen LogP contribution in [0.15, 0.2) is 60.7 Å². The fourth-order valence-electron chi connectivity index (χ4n) is 5.80. The van der Waals surface area contributed by atoms with Crippen LogP contribution in [0.5, 0.6) is 0 Å². The molecule has 2 heterocycles. The number of esters is 1. The van der Waals surface area contributed by atoms with Gasteiger partial charge in [0, 0.05) is 45.2 Å². The van der Waals surface area contributed by atoms with Crippen molar-refractivity contribution in [1.29, 1.82) is 0 Å². The zero-order valence-corrected chi connectivity index (χ0v) is 21.3. The highest BCUT2D eigenvalue weighted by atomic mass is 16.5. The van der Waals surface area contributed by atoms with E-state index in [1.165, 1.54) is 18.2 Å². The molecule has 1 spiro atoms. The van der Waals surface area contributed by atoms with Crippen LogP contribution in [0.25, 0.3) is 6.08 Å². The number of hydrogen-bond donors (Lipinski definition) is 0. The van der Waals surface area contributed by atoms with E-state index in [0.717, 1.165) is 71.6 Å². The van der Waals surface area contributed by atoms with Crippen molar-refractivity contribution in [2.45, 2.75) is 25.8 Å². The molecule has 0 unspecified atom stereocenters. The van der Waals surface area contributed by atoms with E-state index in [1.807, 2.05) is 30.3 Å². The predicted molar refractivity (Wildman–Crippen MR) is 141 cm³/mol. The molecule has 1 amide bonds. The lowest BCUT2D eigenvalue weighted by Gasteiger charge is -2.36. The second-order valence-electron chi connectivity index (χ2n) is 10.5. The smallest absolute Gasteiger partial charge is 0.337 e. The third kappa shape index (κ3) is 5.71. The largest absolute Gasteiger partial charge is 0.465 e. The lowest BCUT2D eigenvalue weighted by molar-refractivity contribution is -0.135. The average molecular weight is 488 g/mol. The Morgan fingerprint density at radius 1 is 0.917 bits per heavy atom. The molecular formula is C30H37N3O3. The lowest BCUT2D eigenvalue weighted by atomic mass is 9.90. The number of methoxy groups -OCH3 is 1. The molecule has 6 nitrogen and oxygen atoms in total. The number of amides is 1. The fraction of sp³-hybridized carbons (Fsp3) is 0.467. The minimum Gasteiger partial charge on any atom is -0.465 e. The highest BCUT2D eigenvalue weighted by Crippen LogP contribution is 2.60. The van der Waals surface area contributed by atoms with Crippen LogP contribution in [0, 0.1) is 11.3 Å². The second-order valence-corrected chi connectivity index (χ2v) is 10.5. The predicted octanol–water partition coefficient (Wildman–Crippen LogP) is 3.93. The first-order chi connectivity index (χ1) is 17.6. The maximum atomic E-state index is 13.3. The highest BCUT2D eigenvalue weighted by Gasteiger charge is 2.59. The van der Waals surface area contributed by atoms with Crippen molar-refractivity contribution in [3.63, 3.8) is 0 Å². The third-order valence-electron chi connectivity index (χ3n) is 8.28. The van der Waals surface area contributed by atoms with Gasteiger partial charge in [-0.1, -0.05) is 54.6 Å². The maximum Gasteiger partial charge on any atom is 0.337 e. The summed E-state index contributed by atoms with van der Waals surface area (Å²) in [4.78, 5) is 31.9. The zero-order chi connectivity index (χ0) is 25.0. The van der Waals surface area contributed by atoms with Crippen LogP contribution in [-0.4, -0.2) is 79.5 Å². The first-order valence-corrected chi connectivity index (χ1v) is 13.2. The second kappa shape index (κ2) is 11.0. The Hall–Kier alpha value is -2.96. The number of carbonyl (C=O) groups is 2. The van der Waals surface area contributed by atoms with Gasteiger partial charge in [-0.05, 0) is 61.0 Å². The average Bonchev–Trinajstić information content (AvgIpc) is 3.63. The number of likely N-dealkylation sites (tertiary alicyclic amines) is 1. The van der Waals surface area contributed by atoms with Crippen LogP contribution >= 0.6 is 0 Å². The van der Waals surface area contributed by atoms with Gasteiger partial charge in [0.15, 0.2) is 0 Å². The number of benzene rings is 2. The van der Waals surface area contributed by atoms with Gasteiger partial charge >= 0.3 is 5.97 Å². The Morgan fingerprint density at radius 2 is 1.61 bits per heavy atom. The van der Waals surface area contributed by atoms with Crippen LogP contribution in [0.3, 0.4) is 0 Å². The molecule has 2 saturated heterocycles. The Labute approximate surface area is 214 Å². The Kier molecular flexibility index (Phi) is 7.54. The highest BCUT2D eigenvalue weighted by molar-refractivity contribution is 5.89. The molecule has 3 fully saturated rings. The summed E-state index contributed by atoms with van der Waals surface area (Å²) in [6.45, 7) is 7.48. The molecule has 36 heavy (non-hydrogen) atoms. The van der Waals surface area contributed by atoms with Gasteiger partial charge in [0.1, 0.15) is 0 Å². The van der Waals surface area contributed by atoms with Gasteiger partial charge in [-0.15, -0.1) is 0 Å². The first-order valence-electron chi connectivity index (χ1n) is 13.2. The maximum absolute atomic E-state index is 13.3. The zero-order valence-electron chi connectivity index (χ0n) is 21.3. The number of ether oxygens (including phenoxy) is 1. The van der Waals surface area contributed by atoms with E-state index in [9.17, 15) is 9.59 Å². The summed E-state index contributed by atoms with van der Waals surface area (Å²) < 4.78 is 4.78. The SMILES string of the molecule is COC(=O)c1ccc(CN2CCC3(CC2)C[C@@H]3C(=O)N2CCN(C/C=C/c3ccccc3)CC2)cc1. The van der Waals surface area contributed by atoms with Gasteiger partial charge in [-0.25, -0.2) is 4.79 Å². The summed E-state index contributed by atoms with van der Waals surface area (Å²) in [5.74, 6) is 0.317. The molecule has 3 aliphatic rings. The summed E-state index contributed by atoms with van der Waals surface area (Å²) in [6.07, 6.45) is 7.68. The molecule has 1 atom stereocenters. The van der Waals surface area contributed by atoms with Crippen LogP contribution in [-0.2, 0) is 16.1 Å². The topological polar surface area (TPSA) is 53.1 Å². The first kappa shape index (κ1) is 24.7. The summed E-state index contributed by atoms with van der Waals surface area (Å²) in [5, 5.41) is 0. The van der Waals surface area contributed by atoms with Crippen LogP contribution in [0.2, 0.25) is 0 Å². The van der Waals surface area contributed by atoms with E-state index in [1.54, 1.807) is 0 Å². The van der Waals surface area contributed by atoms with E-state index < -0.39 is 0 Å². The van der Waals surface area contributed by atoms with E-state index in [-0.39, 0.29) is 17.3 Å². The normalized spacial score (nSPS) is 22.1. The van der Waals surface area contributed by atoms with Crippen molar-refractivity contribution in [1.82, 2.24) is 14.7 Å². The molecule has 6 heteroatoms. The number of piperazine rings is 1. The molecule has 0 bridgehead atoms. The van der Waals surface area contributed by atoms with Crippen molar-refractivity contribution in [2.75, 3.05) is 52.9 Å². The summed E-state index contributed by atoms with van der Waals surface area (Å²) in [7, 11) is 1.40. The van der Waals surface area contributed by atoms with Gasteiger partial charge in [0.25, 0.3) is 0 Å². The molecular weight excluding hydrogens is 450 g/mol. The Balaban J connectivity index is 1.04. The van der Waals surface area contributed by atoms with Crippen molar-refractivity contribution >= 4 is 18.0 Å². The minimum atomic E-state index is -0.299. The van der Waals surface area contributed by atoms with E-state index >= 15 is 0 Å². The molecule has 2 aromatic rings. The van der Waals surface area contributed by atoms with Crippen molar-refractivity contribution < 1.29 is 14.3 Å². The Morgan fingerprint density at radius 3 is 2.28 bits per heavy atom. The summed E-state index contributed by atoms with van der Waals surface area (Å²) in [5.41, 5.74) is 3.26. The number of piperidine rings is 1. The van der Waals surface area contributed by atoms with Crippen molar-refractivity contribution in [2.24, 2.45) is 11.3 Å². The van der Waals surface area contributed by atoms with E-state index in [4.69, 9.17) is 4.74 Å². The van der Waals surface area contributed by atoms with Gasteiger partial charge in [0.05, 0.1) is 12.7 Å². The molecule has 0 aromatic heterocycles. The molecule has 5 rings (SSSR count). The number of nitrogens with zero attached hydrogens (tertiary/aromatic N) is 3. The molecule has 0 radical (unpaired) electrons. The fourth-order valence-corrected chi connectivity index (χ4v) is 5.80. The van der Waals surface area contributed by atoms with Gasteiger partial charge < -0.3 is 9.64 Å². The van der Waals surface area contributed by atoms with Crippen LogP contribution in [0.4, 0.5) is 0 Å². The van der Waals surface area contributed by atoms with Gasteiger partial charge in [0.2, 0.25) is 5.91 Å². The molecule has 1 saturated carbocycles. The molecule has 2 aromatic carbocycles. The van der Waals surface area contributed by atoms with Crippen LogP contribution < -0.4 is 0 Å². The van der Waals surface area contributed by atoms with Gasteiger partial charge in [-0.3, -0.25) is 14.6 Å². The lowest BCUT2D eigenvalue weighted by Crippen LogP contribution is -2.49. The number of carbonyl (C=O) groups excluding carboxylic acids is 2. The van der Waals surface area contributed by atoms with Crippen molar-refractivity contribution in [3.05, 3.63) is 77.4 Å². The monoisotopic (exact) mass is 487 g/mol. The molecule has 1 aliphatic carbocycles. The minimum absolute atomic E-state index is 0.225. The molecule has 0 N–H and O–H groups in total. The van der Waals surface area contributed by atoms with E-state index in [2.05, 4.69) is 51.1 Å². The quantitative estimate of drug-likeness (QED) is 0.554. The summed E-state index contributed by atoms with van der Waals surface area (Å²) >= 11 is 0. The standard InChI is InChI=1S/C30H37N3O3/c1-36-29(35)26-11-9-25(10-12-26)23-32-16-13-30(14-17-32)22-27(30)28(34)33-20-18-31(19-21-33)15-5-8-24-6-3-2-4-7-24/h2-12,27H,13-23H2,1H3/b8-5+/t27-/m1/s1. The molecule has 2 aliphatic heterocycles. The Bertz CT molecular complexity index is 1070. The van der Waals surface area contributed by atoms with Crippen molar-refractivity contribution in [3.8, 4) is 0 Å². The number of rotatable bonds is 7. The van der Waals surface area contributed by atoms with Gasteiger partial charge in [-0.2, -0.15) is 0 Å². The molecule has 190 valence electrons. The van der Waals surface area contributed by atoms with E-state index in [0.29, 0.717) is 11.5 Å². The summed E-state index contributed by atoms with van der Waals surface area (Å²) in [6, 6.07) is 18.1.